The largest absolute Gasteiger partial charge is 0.479 e. The first-order valence-electron chi connectivity index (χ1n) is 6.82. The Kier molecular flexibility index (Phi) is 3.59. The van der Waals surface area contributed by atoms with Crippen molar-refractivity contribution in [3.8, 4) is 0 Å². The summed E-state index contributed by atoms with van der Waals surface area (Å²) in [6.07, 6.45) is 0.817. The van der Waals surface area contributed by atoms with E-state index in [4.69, 9.17) is 0 Å². The summed E-state index contributed by atoms with van der Waals surface area (Å²) in [6, 6.07) is 4.63. The van der Waals surface area contributed by atoms with E-state index in [1.54, 1.807) is 0 Å². The molecule has 2 unspecified atom stereocenters. The number of carbonyl (C=O) groups excluding carboxylic acids is 1. The van der Waals surface area contributed by atoms with Gasteiger partial charge in [0, 0.05) is 5.92 Å². The van der Waals surface area contributed by atoms with Gasteiger partial charge in [-0.05, 0) is 31.2 Å². The summed E-state index contributed by atoms with van der Waals surface area (Å²) in [5.41, 5.74) is 2.61. The number of nitrogens with one attached hydrogen (secondary N) is 1. The van der Waals surface area contributed by atoms with Crippen molar-refractivity contribution in [2.24, 2.45) is 11.3 Å². The van der Waals surface area contributed by atoms with Crippen molar-refractivity contribution in [3.05, 3.63) is 34.9 Å². The Morgan fingerprint density at radius 2 is 1.75 bits per heavy atom. The van der Waals surface area contributed by atoms with Crippen molar-refractivity contribution in [3.63, 3.8) is 0 Å². The molecule has 20 heavy (non-hydrogen) atoms. The minimum absolute atomic E-state index is 0.00431. The summed E-state index contributed by atoms with van der Waals surface area (Å²) in [5.74, 6) is -1.27. The molecule has 0 bridgehead atoms. The molecule has 1 aromatic rings. The molecule has 2 atom stereocenters. The molecule has 0 saturated heterocycles. The van der Waals surface area contributed by atoms with Crippen LogP contribution in [0.1, 0.15) is 43.0 Å². The fourth-order valence-corrected chi connectivity index (χ4v) is 2.62. The molecule has 0 spiro atoms. The van der Waals surface area contributed by atoms with Crippen LogP contribution in [0.25, 0.3) is 0 Å². The number of hydrogen-bond donors (Lipinski definition) is 2. The van der Waals surface area contributed by atoms with Gasteiger partial charge in [0.05, 0.1) is 0 Å². The van der Waals surface area contributed by atoms with Crippen LogP contribution < -0.4 is 5.32 Å². The highest BCUT2D eigenvalue weighted by molar-refractivity contribution is 5.88. The van der Waals surface area contributed by atoms with E-state index in [1.807, 2.05) is 45.9 Å². The first kappa shape index (κ1) is 14.6. The van der Waals surface area contributed by atoms with Crippen LogP contribution in [-0.2, 0) is 9.59 Å². The Labute approximate surface area is 119 Å². The number of rotatable bonds is 4. The van der Waals surface area contributed by atoms with Crippen LogP contribution in [-0.4, -0.2) is 17.0 Å². The van der Waals surface area contributed by atoms with Crippen LogP contribution in [0.4, 0.5) is 0 Å². The molecule has 1 aliphatic carbocycles. The fourth-order valence-electron chi connectivity index (χ4n) is 2.62. The van der Waals surface area contributed by atoms with Crippen LogP contribution in [0.5, 0.6) is 0 Å². The number of hydrogen-bond acceptors (Lipinski definition) is 2. The average Bonchev–Trinajstić information content (AvgIpc) is 2.93. The van der Waals surface area contributed by atoms with E-state index in [9.17, 15) is 14.7 Å². The molecule has 0 aliphatic heterocycles. The summed E-state index contributed by atoms with van der Waals surface area (Å²) in [7, 11) is 0. The van der Waals surface area contributed by atoms with Crippen LogP contribution >= 0.6 is 0 Å². The molecule has 0 radical (unpaired) electrons. The van der Waals surface area contributed by atoms with Gasteiger partial charge in [-0.2, -0.15) is 0 Å². The highest BCUT2D eigenvalue weighted by Crippen LogP contribution is 2.51. The summed E-state index contributed by atoms with van der Waals surface area (Å²) in [5, 5.41) is 12.0. The van der Waals surface area contributed by atoms with Gasteiger partial charge in [0.2, 0.25) is 5.91 Å². The minimum atomic E-state index is -1.03. The van der Waals surface area contributed by atoms with Gasteiger partial charge >= 0.3 is 5.97 Å². The molecule has 2 N–H and O–H groups in total. The maximum absolute atomic E-state index is 12.1. The lowest BCUT2D eigenvalue weighted by molar-refractivity contribution is -0.142. The van der Waals surface area contributed by atoms with E-state index in [0.717, 1.165) is 17.5 Å². The molecule has 4 heteroatoms. The van der Waals surface area contributed by atoms with E-state index >= 15 is 0 Å². The van der Waals surface area contributed by atoms with Gasteiger partial charge in [0.15, 0.2) is 6.04 Å². The smallest absolute Gasteiger partial charge is 0.330 e. The molecular formula is C16H21NO3. The Morgan fingerprint density at radius 1 is 1.25 bits per heavy atom. The number of carboxylic acids is 1. The van der Waals surface area contributed by atoms with E-state index in [0.29, 0.717) is 5.56 Å². The first-order valence-corrected chi connectivity index (χ1v) is 6.82. The maximum Gasteiger partial charge on any atom is 0.330 e. The van der Waals surface area contributed by atoms with Crippen LogP contribution in [0, 0.1) is 25.2 Å². The summed E-state index contributed by atoms with van der Waals surface area (Å²) in [6.45, 7) is 7.87. The lowest BCUT2D eigenvalue weighted by Gasteiger charge is -2.17. The van der Waals surface area contributed by atoms with Crippen molar-refractivity contribution in [1.29, 1.82) is 0 Å². The fraction of sp³-hybridized carbons (Fsp3) is 0.500. The third-order valence-electron chi connectivity index (χ3n) is 3.94. The van der Waals surface area contributed by atoms with Gasteiger partial charge in [-0.3, -0.25) is 4.79 Å². The molecule has 2 rings (SSSR count). The number of carbonyl (C=O) groups is 2. The summed E-state index contributed by atoms with van der Waals surface area (Å²) >= 11 is 0. The molecule has 0 heterocycles. The second-order valence-corrected chi connectivity index (χ2v) is 6.45. The Balaban J connectivity index is 2.19. The van der Waals surface area contributed by atoms with Gasteiger partial charge < -0.3 is 10.4 Å². The monoisotopic (exact) mass is 275 g/mol. The highest BCUT2D eigenvalue weighted by atomic mass is 16.4. The summed E-state index contributed by atoms with van der Waals surface area (Å²) in [4.78, 5) is 23.6. The van der Waals surface area contributed by atoms with E-state index in [2.05, 4.69) is 5.32 Å². The number of aliphatic carboxylic acids is 1. The van der Waals surface area contributed by atoms with Gasteiger partial charge in [-0.15, -0.1) is 0 Å². The minimum Gasteiger partial charge on any atom is -0.479 e. The van der Waals surface area contributed by atoms with Crippen molar-refractivity contribution in [2.45, 2.75) is 40.2 Å². The molecule has 1 saturated carbocycles. The van der Waals surface area contributed by atoms with E-state index < -0.39 is 12.0 Å². The Hall–Kier alpha value is -1.84. The molecule has 1 amide bonds. The number of amides is 1. The van der Waals surface area contributed by atoms with Crippen LogP contribution in [0.3, 0.4) is 0 Å². The van der Waals surface area contributed by atoms with Crippen molar-refractivity contribution in [1.82, 2.24) is 5.32 Å². The van der Waals surface area contributed by atoms with Crippen LogP contribution in [0.15, 0.2) is 18.2 Å². The standard InChI is InChI=1S/C16H21NO3/c1-9-5-10(2)7-11(6-9)13(15(19)20)17-14(18)12-8-16(12,3)4/h5-7,12-13H,8H2,1-4H3,(H,17,18)(H,19,20). The van der Waals surface area contributed by atoms with E-state index in [-0.39, 0.29) is 17.2 Å². The average molecular weight is 275 g/mol. The molecule has 1 aromatic carbocycles. The molecule has 108 valence electrons. The lowest BCUT2D eigenvalue weighted by Crippen LogP contribution is -2.35. The SMILES string of the molecule is Cc1cc(C)cc(C(NC(=O)C2CC2(C)C)C(=O)O)c1. The Bertz CT molecular complexity index is 543. The highest BCUT2D eigenvalue weighted by Gasteiger charge is 2.51. The number of carboxylic acid groups (broad SMARTS) is 1. The molecule has 1 aliphatic rings. The predicted molar refractivity (Wildman–Crippen MR) is 76.3 cm³/mol. The predicted octanol–water partition coefficient (Wildman–Crippen LogP) is 2.59. The first-order chi connectivity index (χ1) is 9.20. The van der Waals surface area contributed by atoms with Crippen molar-refractivity contribution < 1.29 is 14.7 Å². The van der Waals surface area contributed by atoms with E-state index in [1.165, 1.54) is 0 Å². The van der Waals surface area contributed by atoms with Crippen molar-refractivity contribution in [2.75, 3.05) is 0 Å². The lowest BCUT2D eigenvalue weighted by atomic mass is 10.0. The third-order valence-corrected chi connectivity index (χ3v) is 3.94. The van der Waals surface area contributed by atoms with Crippen molar-refractivity contribution >= 4 is 11.9 Å². The molecule has 4 nitrogen and oxygen atoms in total. The van der Waals surface area contributed by atoms with Crippen LogP contribution in [0.2, 0.25) is 0 Å². The number of benzene rings is 1. The van der Waals surface area contributed by atoms with Gasteiger partial charge in [0.1, 0.15) is 0 Å². The zero-order chi connectivity index (χ0) is 15.1. The second-order valence-electron chi connectivity index (χ2n) is 6.45. The quantitative estimate of drug-likeness (QED) is 0.887. The van der Waals surface area contributed by atoms with Gasteiger partial charge in [0.25, 0.3) is 0 Å². The number of aryl methyl sites for hydroxylation is 2. The normalized spacial score (nSPS) is 21.1. The Morgan fingerprint density at radius 3 is 2.15 bits per heavy atom. The maximum atomic E-state index is 12.1. The third kappa shape index (κ3) is 3.00. The second kappa shape index (κ2) is 4.93. The molecule has 1 fully saturated rings. The van der Waals surface area contributed by atoms with Gasteiger partial charge in [-0.1, -0.05) is 43.2 Å². The molecule has 0 aromatic heterocycles. The topological polar surface area (TPSA) is 66.4 Å². The molecular weight excluding hydrogens is 254 g/mol. The zero-order valence-corrected chi connectivity index (χ0v) is 12.4. The summed E-state index contributed by atoms with van der Waals surface area (Å²) < 4.78 is 0. The zero-order valence-electron chi connectivity index (χ0n) is 12.4. The van der Waals surface area contributed by atoms with Gasteiger partial charge in [-0.25, -0.2) is 4.79 Å².